The van der Waals surface area contributed by atoms with Gasteiger partial charge in [0.15, 0.2) is 0 Å². The molecular weight excluding hydrogens is 260 g/mol. The Kier molecular flexibility index (Phi) is 3.43. The molecule has 2 heterocycles. The van der Waals surface area contributed by atoms with Gasteiger partial charge in [0, 0.05) is 30.9 Å². The first-order valence-electron chi connectivity index (χ1n) is 8.48. The Morgan fingerprint density at radius 3 is 2.86 bits per heavy atom. The van der Waals surface area contributed by atoms with Gasteiger partial charge in [0.25, 0.3) is 0 Å². The van der Waals surface area contributed by atoms with Crippen LogP contribution in [0.1, 0.15) is 50.1 Å². The number of para-hydroxylation sites is 1. The molecule has 1 saturated heterocycles. The molecule has 3 aliphatic rings. The summed E-state index contributed by atoms with van der Waals surface area (Å²) in [5, 5.41) is 3.47. The fourth-order valence-electron chi connectivity index (χ4n) is 4.45. The van der Waals surface area contributed by atoms with E-state index in [-0.39, 0.29) is 5.60 Å². The third kappa shape index (κ3) is 2.27. The van der Waals surface area contributed by atoms with Crippen molar-refractivity contribution in [2.45, 2.75) is 56.2 Å². The van der Waals surface area contributed by atoms with Crippen molar-refractivity contribution in [3.8, 4) is 0 Å². The summed E-state index contributed by atoms with van der Waals surface area (Å²) in [7, 11) is 2.08. The smallest absolute Gasteiger partial charge is 0.0702 e. The highest BCUT2D eigenvalue weighted by atomic mass is 16.5. The molecule has 1 aliphatic carbocycles. The summed E-state index contributed by atoms with van der Waals surface area (Å²) in [6, 6.07) is 10.1. The minimum Gasteiger partial charge on any atom is -0.375 e. The maximum absolute atomic E-state index is 6.11. The van der Waals surface area contributed by atoms with Crippen LogP contribution in [-0.4, -0.2) is 31.8 Å². The lowest BCUT2D eigenvalue weighted by atomic mass is 9.73. The summed E-state index contributed by atoms with van der Waals surface area (Å²) < 4.78 is 6.11. The summed E-state index contributed by atoms with van der Waals surface area (Å²) in [5.41, 5.74) is 3.16. The molecule has 2 unspecified atom stereocenters. The van der Waals surface area contributed by atoms with Crippen LogP contribution in [-0.2, 0) is 4.74 Å². The Bertz CT molecular complexity index is 512. The van der Waals surface area contributed by atoms with Crippen molar-refractivity contribution in [3.63, 3.8) is 0 Å². The van der Waals surface area contributed by atoms with Gasteiger partial charge in [-0.15, -0.1) is 0 Å². The van der Waals surface area contributed by atoms with Gasteiger partial charge in [-0.1, -0.05) is 18.2 Å². The van der Waals surface area contributed by atoms with Crippen molar-refractivity contribution in [1.29, 1.82) is 0 Å². The molecule has 4 rings (SSSR count). The number of nitrogens with zero attached hydrogens (tertiary/aromatic N) is 1. The molecule has 2 fully saturated rings. The van der Waals surface area contributed by atoms with Gasteiger partial charge in [0.2, 0.25) is 0 Å². The van der Waals surface area contributed by atoms with E-state index in [1.165, 1.54) is 56.3 Å². The van der Waals surface area contributed by atoms with Crippen molar-refractivity contribution in [1.82, 2.24) is 5.32 Å². The molecule has 2 atom stereocenters. The zero-order chi connectivity index (χ0) is 14.3. The molecule has 0 radical (unpaired) electrons. The number of benzene rings is 1. The van der Waals surface area contributed by atoms with Crippen LogP contribution >= 0.6 is 0 Å². The average Bonchev–Trinajstić information content (AvgIpc) is 2.52. The number of rotatable bonds is 2. The van der Waals surface area contributed by atoms with Crippen molar-refractivity contribution < 1.29 is 4.74 Å². The predicted octanol–water partition coefficient (Wildman–Crippen LogP) is 3.26. The molecule has 2 aliphatic heterocycles. The van der Waals surface area contributed by atoms with Gasteiger partial charge in [-0.3, -0.25) is 0 Å². The molecule has 21 heavy (non-hydrogen) atoms. The van der Waals surface area contributed by atoms with Crippen LogP contribution < -0.4 is 10.2 Å². The number of hydrogen-bond acceptors (Lipinski definition) is 3. The maximum atomic E-state index is 6.11. The Morgan fingerprint density at radius 1 is 1.24 bits per heavy atom. The van der Waals surface area contributed by atoms with E-state index >= 15 is 0 Å². The molecule has 114 valence electrons. The molecule has 3 nitrogen and oxygen atoms in total. The van der Waals surface area contributed by atoms with Gasteiger partial charge >= 0.3 is 0 Å². The third-order valence-electron chi connectivity index (χ3n) is 5.80. The number of fused-ring (bicyclic) bond motifs is 1. The number of nitrogens with one attached hydrogen (secondary N) is 1. The first kappa shape index (κ1) is 13.6. The molecular formula is C18H26N2O. The van der Waals surface area contributed by atoms with Crippen LogP contribution in [0.5, 0.6) is 0 Å². The second-order valence-corrected chi connectivity index (χ2v) is 6.91. The van der Waals surface area contributed by atoms with E-state index in [9.17, 15) is 0 Å². The summed E-state index contributed by atoms with van der Waals surface area (Å²) in [6.45, 7) is 2.11. The van der Waals surface area contributed by atoms with Gasteiger partial charge < -0.3 is 15.0 Å². The highest BCUT2D eigenvalue weighted by Crippen LogP contribution is 2.45. The van der Waals surface area contributed by atoms with Crippen LogP contribution in [0.4, 0.5) is 5.69 Å². The van der Waals surface area contributed by atoms with Crippen LogP contribution in [0.25, 0.3) is 0 Å². The quantitative estimate of drug-likeness (QED) is 0.903. The molecule has 1 aromatic carbocycles. The topological polar surface area (TPSA) is 24.5 Å². The molecule has 0 aromatic heterocycles. The predicted molar refractivity (Wildman–Crippen MR) is 85.8 cm³/mol. The minimum atomic E-state index is 0.234. The minimum absolute atomic E-state index is 0.234. The summed E-state index contributed by atoms with van der Waals surface area (Å²) >= 11 is 0. The van der Waals surface area contributed by atoms with Crippen LogP contribution in [0.15, 0.2) is 24.3 Å². The molecule has 1 spiro atoms. The number of anilines is 1. The SMILES string of the molecule is CNC1CCN(C2CCOC3(CCC3)C2)c2ccccc21. The number of hydrogen-bond donors (Lipinski definition) is 1. The Labute approximate surface area is 127 Å². The largest absolute Gasteiger partial charge is 0.375 e. The van der Waals surface area contributed by atoms with E-state index in [1.807, 2.05) is 0 Å². The lowest BCUT2D eigenvalue weighted by molar-refractivity contribution is -0.132. The van der Waals surface area contributed by atoms with Gasteiger partial charge in [-0.2, -0.15) is 0 Å². The van der Waals surface area contributed by atoms with Crippen molar-refractivity contribution in [2.24, 2.45) is 0 Å². The van der Waals surface area contributed by atoms with E-state index in [2.05, 4.69) is 41.5 Å². The van der Waals surface area contributed by atoms with Crippen molar-refractivity contribution in [2.75, 3.05) is 25.1 Å². The average molecular weight is 286 g/mol. The van der Waals surface area contributed by atoms with E-state index in [4.69, 9.17) is 4.74 Å². The molecule has 0 amide bonds. The standard InChI is InChI=1S/C18H26N2O/c1-19-16-7-11-20(17-6-3-2-5-15(16)17)14-8-12-21-18(13-14)9-4-10-18/h2-3,5-6,14,16,19H,4,7-13H2,1H3. The van der Waals surface area contributed by atoms with Gasteiger partial charge in [0.05, 0.1) is 5.60 Å². The lowest BCUT2D eigenvalue weighted by Crippen LogP contribution is -2.53. The maximum Gasteiger partial charge on any atom is 0.0702 e. The van der Waals surface area contributed by atoms with Gasteiger partial charge in [-0.05, 0) is 57.2 Å². The van der Waals surface area contributed by atoms with E-state index in [0.717, 1.165) is 6.61 Å². The molecule has 0 bridgehead atoms. The van der Waals surface area contributed by atoms with Crippen LogP contribution in [0.2, 0.25) is 0 Å². The summed E-state index contributed by atoms with van der Waals surface area (Å²) in [4.78, 5) is 2.67. The van der Waals surface area contributed by atoms with Crippen molar-refractivity contribution >= 4 is 5.69 Å². The Morgan fingerprint density at radius 2 is 2.10 bits per heavy atom. The van der Waals surface area contributed by atoms with Crippen LogP contribution in [0.3, 0.4) is 0 Å². The second kappa shape index (κ2) is 5.29. The molecule has 1 aromatic rings. The third-order valence-corrected chi connectivity index (χ3v) is 5.80. The molecule has 3 heteroatoms. The lowest BCUT2D eigenvalue weighted by Gasteiger charge is -2.51. The van der Waals surface area contributed by atoms with E-state index < -0.39 is 0 Å². The highest BCUT2D eigenvalue weighted by Gasteiger charge is 2.44. The zero-order valence-electron chi connectivity index (χ0n) is 13.0. The van der Waals surface area contributed by atoms with E-state index in [0.29, 0.717) is 12.1 Å². The Balaban J connectivity index is 1.60. The molecule has 1 N–H and O–H groups in total. The second-order valence-electron chi connectivity index (χ2n) is 6.91. The fourth-order valence-corrected chi connectivity index (χ4v) is 4.45. The van der Waals surface area contributed by atoms with Crippen LogP contribution in [0, 0.1) is 0 Å². The normalized spacial score (nSPS) is 30.8. The highest BCUT2D eigenvalue weighted by molar-refractivity contribution is 5.58. The van der Waals surface area contributed by atoms with E-state index in [1.54, 1.807) is 0 Å². The number of ether oxygens (including phenoxy) is 1. The molecule has 1 saturated carbocycles. The summed E-state index contributed by atoms with van der Waals surface area (Å²) in [6.07, 6.45) is 7.52. The van der Waals surface area contributed by atoms with Gasteiger partial charge in [0.1, 0.15) is 0 Å². The first-order chi connectivity index (χ1) is 10.3. The fraction of sp³-hybridized carbons (Fsp3) is 0.667. The van der Waals surface area contributed by atoms with Crippen molar-refractivity contribution in [3.05, 3.63) is 29.8 Å². The van der Waals surface area contributed by atoms with Gasteiger partial charge in [-0.25, -0.2) is 0 Å². The first-order valence-corrected chi connectivity index (χ1v) is 8.48. The zero-order valence-corrected chi connectivity index (χ0v) is 13.0. The Hall–Kier alpha value is -1.06. The summed E-state index contributed by atoms with van der Waals surface area (Å²) in [5.74, 6) is 0. The monoisotopic (exact) mass is 286 g/mol.